The molecule has 0 bridgehead atoms. The zero-order valence-electron chi connectivity index (χ0n) is 13.0. The van der Waals surface area contributed by atoms with Gasteiger partial charge in [-0.25, -0.2) is 0 Å². The lowest BCUT2D eigenvalue weighted by Gasteiger charge is -2.16. The van der Waals surface area contributed by atoms with E-state index in [1.54, 1.807) is 4.68 Å². The normalized spacial score (nSPS) is 18.5. The molecule has 5 nitrogen and oxygen atoms in total. The summed E-state index contributed by atoms with van der Waals surface area (Å²) in [4.78, 5) is 0. The zero-order chi connectivity index (χ0) is 14.7. The summed E-state index contributed by atoms with van der Waals surface area (Å²) in [5.74, 6) is 0. The molecule has 2 aromatic rings. The van der Waals surface area contributed by atoms with Crippen LogP contribution in [0.15, 0.2) is 18.6 Å². The largest absolute Gasteiger partial charge is 0.348 e. The predicted molar refractivity (Wildman–Crippen MR) is 83.1 cm³/mol. The number of aromatic nitrogens is 4. The van der Waals surface area contributed by atoms with E-state index >= 15 is 0 Å². The number of fused-ring (bicyclic) bond motifs is 1. The topological polar surface area (TPSA) is 47.7 Å². The maximum Gasteiger partial charge on any atom is 0.102 e. The van der Waals surface area contributed by atoms with Gasteiger partial charge in [0.25, 0.3) is 0 Å². The van der Waals surface area contributed by atoms with Crippen LogP contribution < -0.4 is 5.32 Å². The molecule has 0 amide bonds. The van der Waals surface area contributed by atoms with Gasteiger partial charge >= 0.3 is 0 Å². The van der Waals surface area contributed by atoms with Crippen LogP contribution in [0.1, 0.15) is 55.5 Å². The van der Waals surface area contributed by atoms with E-state index in [-0.39, 0.29) is 0 Å². The van der Waals surface area contributed by atoms with Gasteiger partial charge in [0.15, 0.2) is 0 Å². The minimum atomic E-state index is 0.519. The number of hydrogen-bond acceptors (Lipinski definition) is 3. The Morgan fingerprint density at radius 1 is 1.29 bits per heavy atom. The molecule has 0 saturated carbocycles. The molecule has 1 aliphatic carbocycles. The smallest absolute Gasteiger partial charge is 0.102 e. The number of aryl methyl sites for hydroxylation is 2. The zero-order valence-corrected chi connectivity index (χ0v) is 13.0. The first-order chi connectivity index (χ1) is 10.3. The second-order valence-corrected chi connectivity index (χ2v) is 6.05. The highest BCUT2D eigenvalue weighted by Crippen LogP contribution is 2.29. The van der Waals surface area contributed by atoms with E-state index in [0.717, 1.165) is 18.8 Å². The third kappa shape index (κ3) is 3.35. The van der Waals surface area contributed by atoms with Crippen molar-refractivity contribution in [3.05, 3.63) is 35.4 Å². The Labute approximate surface area is 126 Å². The molecular weight excluding hydrogens is 262 g/mol. The van der Waals surface area contributed by atoms with Crippen molar-refractivity contribution in [1.29, 1.82) is 0 Å². The molecule has 0 spiro atoms. The molecule has 0 fully saturated rings. The van der Waals surface area contributed by atoms with E-state index in [4.69, 9.17) is 0 Å². The first-order valence-corrected chi connectivity index (χ1v) is 8.03. The molecular formula is C16H25N5. The molecule has 0 radical (unpaired) electrons. The standard InChI is InChI=1S/C16H25N5/c1-3-8-17-16-7-5-4-6-13-9-21(12-15(13)16)11-14-10-20(2)19-18-14/h9-10,12,16-17H,3-8,11H2,1-2H3. The van der Waals surface area contributed by atoms with Gasteiger partial charge in [-0.1, -0.05) is 18.6 Å². The average molecular weight is 287 g/mol. The fraction of sp³-hybridized carbons (Fsp3) is 0.625. The van der Waals surface area contributed by atoms with E-state index in [0.29, 0.717) is 6.04 Å². The fourth-order valence-corrected chi connectivity index (χ4v) is 3.19. The maximum atomic E-state index is 4.18. The Hall–Kier alpha value is -1.62. The molecule has 1 aliphatic rings. The van der Waals surface area contributed by atoms with Gasteiger partial charge in [0.1, 0.15) is 5.69 Å². The van der Waals surface area contributed by atoms with Crippen LogP contribution in [0, 0.1) is 0 Å². The van der Waals surface area contributed by atoms with Gasteiger partial charge in [0.05, 0.1) is 6.54 Å². The summed E-state index contributed by atoms with van der Waals surface area (Å²) in [7, 11) is 1.91. The Kier molecular flexibility index (Phi) is 4.39. The first kappa shape index (κ1) is 14.3. The fourth-order valence-electron chi connectivity index (χ4n) is 3.19. The average Bonchev–Trinajstić information content (AvgIpc) is 3.00. The van der Waals surface area contributed by atoms with Gasteiger partial charge in [0, 0.05) is 31.7 Å². The van der Waals surface area contributed by atoms with Crippen LogP contribution in [0.2, 0.25) is 0 Å². The van der Waals surface area contributed by atoms with Crippen LogP contribution in [-0.2, 0) is 20.0 Å². The highest BCUT2D eigenvalue weighted by molar-refractivity contribution is 5.29. The van der Waals surface area contributed by atoms with Gasteiger partial charge in [-0.3, -0.25) is 4.68 Å². The molecule has 3 rings (SSSR count). The monoisotopic (exact) mass is 287 g/mol. The molecule has 1 atom stereocenters. The second-order valence-electron chi connectivity index (χ2n) is 6.05. The number of hydrogen-bond donors (Lipinski definition) is 1. The maximum absolute atomic E-state index is 4.18. The van der Waals surface area contributed by atoms with Crippen molar-refractivity contribution < 1.29 is 0 Å². The summed E-state index contributed by atoms with van der Waals surface area (Å²) >= 11 is 0. The highest BCUT2D eigenvalue weighted by atomic mass is 15.4. The number of nitrogens with zero attached hydrogens (tertiary/aromatic N) is 4. The lowest BCUT2D eigenvalue weighted by Crippen LogP contribution is -2.21. The van der Waals surface area contributed by atoms with Crippen LogP contribution >= 0.6 is 0 Å². The molecule has 114 valence electrons. The van der Waals surface area contributed by atoms with Crippen molar-refractivity contribution in [2.45, 2.75) is 51.6 Å². The third-order valence-corrected chi connectivity index (χ3v) is 4.20. The predicted octanol–water partition coefficient (Wildman–Crippen LogP) is 2.43. The lowest BCUT2D eigenvalue weighted by molar-refractivity contribution is 0.488. The van der Waals surface area contributed by atoms with E-state index in [1.165, 1.54) is 43.2 Å². The van der Waals surface area contributed by atoms with E-state index in [2.05, 4.69) is 39.5 Å². The molecule has 21 heavy (non-hydrogen) atoms. The summed E-state index contributed by atoms with van der Waals surface area (Å²) in [6.07, 6.45) is 12.9. The molecule has 1 unspecified atom stereocenters. The summed E-state index contributed by atoms with van der Waals surface area (Å²) in [6, 6.07) is 0.519. The molecule has 5 heteroatoms. The number of rotatable bonds is 5. The van der Waals surface area contributed by atoms with Gasteiger partial charge in [-0.2, -0.15) is 0 Å². The minimum Gasteiger partial charge on any atom is -0.348 e. The van der Waals surface area contributed by atoms with E-state index in [1.807, 2.05) is 13.2 Å². The van der Waals surface area contributed by atoms with Crippen LogP contribution in [0.5, 0.6) is 0 Å². The van der Waals surface area contributed by atoms with Crippen molar-refractivity contribution in [1.82, 2.24) is 24.9 Å². The Morgan fingerprint density at radius 2 is 2.19 bits per heavy atom. The molecule has 1 N–H and O–H groups in total. The van der Waals surface area contributed by atoms with Crippen molar-refractivity contribution in [2.75, 3.05) is 6.54 Å². The van der Waals surface area contributed by atoms with E-state index < -0.39 is 0 Å². The molecule has 0 saturated heterocycles. The van der Waals surface area contributed by atoms with Gasteiger partial charge in [-0.05, 0) is 43.4 Å². The molecule has 2 heterocycles. The summed E-state index contributed by atoms with van der Waals surface area (Å²) in [5, 5.41) is 11.9. The van der Waals surface area contributed by atoms with Crippen LogP contribution in [-0.4, -0.2) is 26.1 Å². The van der Waals surface area contributed by atoms with Crippen LogP contribution in [0.25, 0.3) is 0 Å². The van der Waals surface area contributed by atoms with Crippen LogP contribution in [0.3, 0.4) is 0 Å². The van der Waals surface area contributed by atoms with Crippen LogP contribution in [0.4, 0.5) is 0 Å². The minimum absolute atomic E-state index is 0.519. The van der Waals surface area contributed by atoms with Crippen molar-refractivity contribution in [3.63, 3.8) is 0 Å². The summed E-state index contributed by atoms with van der Waals surface area (Å²) in [5.41, 5.74) is 4.01. The van der Waals surface area contributed by atoms with Gasteiger partial charge < -0.3 is 9.88 Å². The quantitative estimate of drug-likeness (QED) is 0.859. The van der Waals surface area contributed by atoms with Crippen molar-refractivity contribution >= 4 is 0 Å². The third-order valence-electron chi connectivity index (χ3n) is 4.20. The Balaban J connectivity index is 1.79. The molecule has 0 aliphatic heterocycles. The summed E-state index contributed by atoms with van der Waals surface area (Å²) in [6.45, 7) is 4.13. The first-order valence-electron chi connectivity index (χ1n) is 8.03. The Morgan fingerprint density at radius 3 is 2.95 bits per heavy atom. The SMILES string of the molecule is CCCNC1CCCCc2cn(Cc3cn(C)nn3)cc21. The Bertz CT molecular complexity index is 583. The van der Waals surface area contributed by atoms with Gasteiger partial charge in [-0.15, -0.1) is 5.10 Å². The lowest BCUT2D eigenvalue weighted by atomic mass is 10.0. The van der Waals surface area contributed by atoms with Gasteiger partial charge in [0.2, 0.25) is 0 Å². The highest BCUT2D eigenvalue weighted by Gasteiger charge is 2.20. The van der Waals surface area contributed by atoms with Crippen molar-refractivity contribution in [2.24, 2.45) is 7.05 Å². The summed E-state index contributed by atoms with van der Waals surface area (Å²) < 4.78 is 4.02. The van der Waals surface area contributed by atoms with Crippen molar-refractivity contribution in [3.8, 4) is 0 Å². The van der Waals surface area contributed by atoms with E-state index in [9.17, 15) is 0 Å². The second kappa shape index (κ2) is 6.43. The molecule has 2 aromatic heterocycles. The molecule has 0 aromatic carbocycles. The number of nitrogens with one attached hydrogen (secondary N) is 1.